The molecule has 0 unspecified atom stereocenters. The van der Waals surface area contributed by atoms with Crippen molar-refractivity contribution in [3.63, 3.8) is 0 Å². The van der Waals surface area contributed by atoms with Gasteiger partial charge in [-0.25, -0.2) is 0 Å². The SMILES string of the molecule is CC(=O)COc1ccc(C2CCC(N3CC(NC(=O)CNC(=O)c4cccc(C)c4)C3)CC2)cc1. The Labute approximate surface area is 207 Å². The zero-order valence-corrected chi connectivity index (χ0v) is 20.6. The van der Waals surface area contributed by atoms with Crippen LogP contribution in [-0.2, 0) is 9.59 Å². The van der Waals surface area contributed by atoms with Crippen molar-refractivity contribution in [1.29, 1.82) is 0 Å². The van der Waals surface area contributed by atoms with Crippen LogP contribution in [0.25, 0.3) is 0 Å². The summed E-state index contributed by atoms with van der Waals surface area (Å²) in [5.74, 6) is 0.942. The maximum Gasteiger partial charge on any atom is 0.251 e. The number of ether oxygens (including phenoxy) is 1. The highest BCUT2D eigenvalue weighted by atomic mass is 16.5. The van der Waals surface area contributed by atoms with Crippen LogP contribution in [0.15, 0.2) is 48.5 Å². The largest absolute Gasteiger partial charge is 0.486 e. The second-order valence-corrected chi connectivity index (χ2v) is 9.84. The standard InChI is InChI=1S/C28H35N3O4/c1-19-4-3-5-23(14-19)28(34)29-15-27(33)30-24-16-31(17-24)25-10-6-21(7-11-25)22-8-12-26(13-9-22)35-18-20(2)32/h3-5,8-9,12-14,21,24-25H,6-7,10-11,15-18H2,1-2H3,(H,29,34)(H,30,33). The fraction of sp³-hybridized carbons (Fsp3) is 0.464. The van der Waals surface area contributed by atoms with E-state index >= 15 is 0 Å². The second kappa shape index (κ2) is 11.5. The summed E-state index contributed by atoms with van der Waals surface area (Å²) in [7, 11) is 0. The van der Waals surface area contributed by atoms with Gasteiger partial charge in [-0.3, -0.25) is 19.3 Å². The van der Waals surface area contributed by atoms with Crippen LogP contribution < -0.4 is 15.4 Å². The molecule has 2 amide bonds. The van der Waals surface area contributed by atoms with E-state index in [9.17, 15) is 14.4 Å². The first-order chi connectivity index (χ1) is 16.9. The predicted octanol–water partition coefficient (Wildman–Crippen LogP) is 3.22. The van der Waals surface area contributed by atoms with E-state index in [0.717, 1.165) is 50.1 Å². The lowest BCUT2D eigenvalue weighted by molar-refractivity contribution is -0.122. The van der Waals surface area contributed by atoms with E-state index in [-0.39, 0.29) is 36.8 Å². The van der Waals surface area contributed by atoms with Gasteiger partial charge in [0.15, 0.2) is 5.78 Å². The maximum absolute atomic E-state index is 12.3. The molecule has 2 aromatic rings. The van der Waals surface area contributed by atoms with Crippen molar-refractivity contribution < 1.29 is 19.1 Å². The first-order valence-corrected chi connectivity index (χ1v) is 12.5. The topological polar surface area (TPSA) is 87.7 Å². The molecule has 1 aliphatic carbocycles. The Morgan fingerprint density at radius 3 is 2.37 bits per heavy atom. The molecule has 1 saturated carbocycles. The highest BCUT2D eigenvalue weighted by Crippen LogP contribution is 2.36. The smallest absolute Gasteiger partial charge is 0.251 e. The minimum Gasteiger partial charge on any atom is -0.486 e. The van der Waals surface area contributed by atoms with Crippen molar-refractivity contribution in [3.05, 3.63) is 65.2 Å². The van der Waals surface area contributed by atoms with Crippen molar-refractivity contribution in [2.75, 3.05) is 26.2 Å². The molecule has 1 heterocycles. The fourth-order valence-corrected chi connectivity index (χ4v) is 5.03. The molecule has 2 N–H and O–H groups in total. The highest BCUT2D eigenvalue weighted by Gasteiger charge is 2.35. The van der Waals surface area contributed by atoms with Crippen LogP contribution in [-0.4, -0.2) is 60.8 Å². The highest BCUT2D eigenvalue weighted by molar-refractivity contribution is 5.96. The number of hydrogen-bond donors (Lipinski definition) is 2. The molecule has 35 heavy (non-hydrogen) atoms. The van der Waals surface area contributed by atoms with E-state index in [0.29, 0.717) is 17.5 Å². The Morgan fingerprint density at radius 1 is 1.00 bits per heavy atom. The summed E-state index contributed by atoms with van der Waals surface area (Å²) >= 11 is 0. The summed E-state index contributed by atoms with van der Waals surface area (Å²) in [6, 6.07) is 16.2. The first kappa shape index (κ1) is 24.9. The van der Waals surface area contributed by atoms with Crippen molar-refractivity contribution in [2.24, 2.45) is 0 Å². The number of rotatable bonds is 9. The Hall–Kier alpha value is -3.19. The molecule has 186 valence electrons. The number of nitrogens with one attached hydrogen (secondary N) is 2. The second-order valence-electron chi connectivity index (χ2n) is 9.84. The van der Waals surface area contributed by atoms with Gasteiger partial charge in [-0.15, -0.1) is 0 Å². The van der Waals surface area contributed by atoms with Crippen LogP contribution in [0.2, 0.25) is 0 Å². The van der Waals surface area contributed by atoms with Crippen molar-refractivity contribution >= 4 is 17.6 Å². The summed E-state index contributed by atoms with van der Waals surface area (Å²) in [4.78, 5) is 38.0. The number of hydrogen-bond acceptors (Lipinski definition) is 5. The van der Waals surface area contributed by atoms with Gasteiger partial charge in [-0.2, -0.15) is 0 Å². The van der Waals surface area contributed by atoms with Gasteiger partial charge in [0.1, 0.15) is 12.4 Å². The molecular weight excluding hydrogens is 442 g/mol. The molecule has 4 rings (SSSR count). The molecule has 2 aromatic carbocycles. The van der Waals surface area contributed by atoms with Gasteiger partial charge in [-0.05, 0) is 75.3 Å². The van der Waals surface area contributed by atoms with Gasteiger partial charge >= 0.3 is 0 Å². The Morgan fingerprint density at radius 2 is 1.71 bits per heavy atom. The monoisotopic (exact) mass is 477 g/mol. The minimum absolute atomic E-state index is 0.00698. The van der Waals surface area contributed by atoms with Crippen LogP contribution >= 0.6 is 0 Å². The van der Waals surface area contributed by atoms with E-state index in [2.05, 4.69) is 27.7 Å². The molecule has 0 bridgehead atoms. The predicted molar refractivity (Wildman–Crippen MR) is 135 cm³/mol. The van der Waals surface area contributed by atoms with Gasteiger partial charge in [0.25, 0.3) is 5.91 Å². The van der Waals surface area contributed by atoms with Crippen LogP contribution in [0.1, 0.15) is 60.0 Å². The average molecular weight is 478 g/mol. The number of likely N-dealkylation sites (tertiary alicyclic amines) is 1. The summed E-state index contributed by atoms with van der Waals surface area (Å²) in [5, 5.41) is 5.73. The van der Waals surface area contributed by atoms with E-state index in [1.165, 1.54) is 12.5 Å². The van der Waals surface area contributed by atoms with E-state index < -0.39 is 0 Å². The zero-order chi connectivity index (χ0) is 24.8. The number of amides is 2. The van der Waals surface area contributed by atoms with E-state index in [1.807, 2.05) is 37.3 Å². The lowest BCUT2D eigenvalue weighted by Crippen LogP contribution is -2.63. The Balaban J connectivity index is 1.13. The minimum atomic E-state index is -0.228. The van der Waals surface area contributed by atoms with Crippen LogP contribution in [0.3, 0.4) is 0 Å². The molecule has 7 heteroatoms. The van der Waals surface area contributed by atoms with E-state index in [1.54, 1.807) is 6.07 Å². The fourth-order valence-electron chi connectivity index (χ4n) is 5.03. The third-order valence-electron chi connectivity index (χ3n) is 6.97. The quantitative estimate of drug-likeness (QED) is 0.579. The van der Waals surface area contributed by atoms with Crippen LogP contribution in [0.5, 0.6) is 5.75 Å². The Kier molecular flexibility index (Phi) is 8.18. The third kappa shape index (κ3) is 6.92. The maximum atomic E-state index is 12.3. The number of benzene rings is 2. The molecule has 7 nitrogen and oxygen atoms in total. The van der Waals surface area contributed by atoms with Gasteiger partial charge in [0.05, 0.1) is 12.6 Å². The van der Waals surface area contributed by atoms with Gasteiger partial charge < -0.3 is 15.4 Å². The molecule has 0 spiro atoms. The molecular formula is C28H35N3O4. The lowest BCUT2D eigenvalue weighted by atomic mass is 9.80. The zero-order valence-electron chi connectivity index (χ0n) is 20.6. The molecule has 0 radical (unpaired) electrons. The van der Waals surface area contributed by atoms with Gasteiger partial charge in [-0.1, -0.05) is 29.8 Å². The Bertz CT molecular complexity index is 1040. The summed E-state index contributed by atoms with van der Waals surface area (Å²) in [5.41, 5.74) is 2.92. The molecule has 2 aliphatic rings. The van der Waals surface area contributed by atoms with Crippen LogP contribution in [0.4, 0.5) is 0 Å². The average Bonchev–Trinajstić information content (AvgIpc) is 2.83. The number of nitrogens with zero attached hydrogens (tertiary/aromatic N) is 1. The molecule has 0 atom stereocenters. The van der Waals surface area contributed by atoms with Crippen molar-refractivity contribution in [2.45, 2.75) is 57.5 Å². The van der Waals surface area contributed by atoms with Gasteiger partial charge in [0.2, 0.25) is 5.91 Å². The van der Waals surface area contributed by atoms with E-state index in [4.69, 9.17) is 4.74 Å². The van der Waals surface area contributed by atoms with Crippen molar-refractivity contribution in [3.8, 4) is 5.75 Å². The normalized spacial score (nSPS) is 20.5. The first-order valence-electron chi connectivity index (χ1n) is 12.5. The summed E-state index contributed by atoms with van der Waals surface area (Å²) in [6.45, 7) is 5.31. The molecule has 1 saturated heterocycles. The number of carbonyl (C=O) groups is 3. The van der Waals surface area contributed by atoms with Gasteiger partial charge in [0, 0.05) is 24.7 Å². The molecule has 2 fully saturated rings. The molecule has 0 aromatic heterocycles. The summed E-state index contributed by atoms with van der Waals surface area (Å²) < 4.78 is 5.46. The van der Waals surface area contributed by atoms with Crippen molar-refractivity contribution in [1.82, 2.24) is 15.5 Å². The molecule has 1 aliphatic heterocycles. The summed E-state index contributed by atoms with van der Waals surface area (Å²) in [6.07, 6.45) is 4.61. The lowest BCUT2D eigenvalue weighted by Gasteiger charge is -2.46. The number of aryl methyl sites for hydroxylation is 1. The number of ketones is 1. The van der Waals surface area contributed by atoms with Crippen LogP contribution in [0, 0.1) is 6.92 Å². The number of Topliss-reactive ketones (excluding diaryl/α,β-unsaturated/α-hetero) is 1. The number of carbonyl (C=O) groups excluding carboxylic acids is 3. The third-order valence-corrected chi connectivity index (χ3v) is 6.97.